The van der Waals surface area contributed by atoms with E-state index in [9.17, 15) is 9.50 Å². The number of phenols is 1. The second kappa shape index (κ2) is 6.92. The number of phenolic OH excluding ortho intramolecular Hbond substituents is 1. The van der Waals surface area contributed by atoms with Crippen LogP contribution in [0.15, 0.2) is 66.7 Å². The summed E-state index contributed by atoms with van der Waals surface area (Å²) in [6.07, 6.45) is 0. The molecule has 0 unspecified atom stereocenters. The van der Waals surface area contributed by atoms with Crippen LogP contribution in [-0.2, 0) is 0 Å². The van der Waals surface area contributed by atoms with Crippen molar-refractivity contribution in [1.29, 1.82) is 0 Å². The van der Waals surface area contributed by atoms with Gasteiger partial charge in [-0.2, -0.15) is 4.98 Å². The SMILES string of the molecule is COc1cccc(-c2nc(Oc3ccccc3F)c3ccccc3n2)c1O. The van der Waals surface area contributed by atoms with Crippen LogP contribution >= 0.6 is 0 Å². The van der Waals surface area contributed by atoms with Crippen molar-refractivity contribution in [3.8, 4) is 34.5 Å². The minimum absolute atomic E-state index is 0.0576. The van der Waals surface area contributed by atoms with Gasteiger partial charge in [0.15, 0.2) is 28.9 Å². The summed E-state index contributed by atoms with van der Waals surface area (Å²) in [5.41, 5.74) is 0.995. The summed E-state index contributed by atoms with van der Waals surface area (Å²) in [7, 11) is 1.47. The summed E-state index contributed by atoms with van der Waals surface area (Å²) >= 11 is 0. The first-order chi connectivity index (χ1) is 13.2. The third-order valence-corrected chi connectivity index (χ3v) is 4.07. The lowest BCUT2D eigenvalue weighted by atomic mass is 10.1. The number of hydrogen-bond acceptors (Lipinski definition) is 5. The smallest absolute Gasteiger partial charge is 0.230 e. The van der Waals surface area contributed by atoms with Crippen molar-refractivity contribution in [3.63, 3.8) is 0 Å². The summed E-state index contributed by atoms with van der Waals surface area (Å²) in [5, 5.41) is 11.1. The van der Waals surface area contributed by atoms with Crippen LogP contribution in [0.25, 0.3) is 22.3 Å². The quantitative estimate of drug-likeness (QED) is 0.557. The fourth-order valence-electron chi connectivity index (χ4n) is 2.74. The molecule has 6 heteroatoms. The maximum atomic E-state index is 14.0. The Kier molecular flexibility index (Phi) is 4.30. The van der Waals surface area contributed by atoms with Crippen LogP contribution < -0.4 is 9.47 Å². The van der Waals surface area contributed by atoms with Gasteiger partial charge < -0.3 is 14.6 Å². The molecule has 0 saturated heterocycles. The molecule has 0 aliphatic carbocycles. The fourth-order valence-corrected chi connectivity index (χ4v) is 2.74. The second-order valence-electron chi connectivity index (χ2n) is 5.76. The number of fused-ring (bicyclic) bond motifs is 1. The molecule has 134 valence electrons. The molecular weight excluding hydrogens is 347 g/mol. The molecule has 4 aromatic rings. The number of aromatic nitrogens is 2. The number of ether oxygens (including phenoxy) is 2. The molecule has 3 aromatic carbocycles. The summed E-state index contributed by atoms with van der Waals surface area (Å²) in [5.74, 6) is 0.237. The highest BCUT2D eigenvalue weighted by Gasteiger charge is 2.16. The summed E-state index contributed by atoms with van der Waals surface area (Å²) in [6, 6.07) is 18.4. The van der Waals surface area contributed by atoms with Crippen molar-refractivity contribution < 1.29 is 19.0 Å². The highest BCUT2D eigenvalue weighted by atomic mass is 19.1. The van der Waals surface area contributed by atoms with E-state index in [0.717, 1.165) is 0 Å². The predicted octanol–water partition coefficient (Wildman–Crippen LogP) is 4.94. The number of aromatic hydroxyl groups is 1. The van der Waals surface area contributed by atoms with Gasteiger partial charge in [0.1, 0.15) is 0 Å². The number of benzene rings is 3. The molecule has 1 aromatic heterocycles. The Labute approximate surface area is 154 Å². The van der Waals surface area contributed by atoms with Gasteiger partial charge in [-0.1, -0.05) is 30.3 Å². The van der Waals surface area contributed by atoms with E-state index in [2.05, 4.69) is 9.97 Å². The molecule has 1 N–H and O–H groups in total. The average Bonchev–Trinajstić information content (AvgIpc) is 2.70. The molecule has 0 atom stereocenters. The van der Waals surface area contributed by atoms with Crippen LogP contribution in [0.4, 0.5) is 4.39 Å². The Morgan fingerprint density at radius 2 is 1.59 bits per heavy atom. The first-order valence-corrected chi connectivity index (χ1v) is 8.23. The molecule has 27 heavy (non-hydrogen) atoms. The highest BCUT2D eigenvalue weighted by Crippen LogP contribution is 2.37. The Morgan fingerprint density at radius 3 is 2.41 bits per heavy atom. The largest absolute Gasteiger partial charge is 0.504 e. The summed E-state index contributed by atoms with van der Waals surface area (Å²) in [6.45, 7) is 0. The van der Waals surface area contributed by atoms with Crippen LogP contribution in [-0.4, -0.2) is 22.2 Å². The first-order valence-electron chi connectivity index (χ1n) is 8.23. The lowest BCUT2D eigenvalue weighted by Crippen LogP contribution is -1.98. The molecule has 0 saturated carbocycles. The highest BCUT2D eigenvalue weighted by molar-refractivity contribution is 5.86. The predicted molar refractivity (Wildman–Crippen MR) is 99.7 cm³/mol. The molecule has 0 bridgehead atoms. The summed E-state index contributed by atoms with van der Waals surface area (Å²) in [4.78, 5) is 8.93. The van der Waals surface area contributed by atoms with E-state index in [-0.39, 0.29) is 23.2 Å². The van der Waals surface area contributed by atoms with E-state index in [0.29, 0.717) is 22.2 Å². The van der Waals surface area contributed by atoms with Crippen molar-refractivity contribution in [2.75, 3.05) is 7.11 Å². The molecule has 0 aliphatic rings. The monoisotopic (exact) mass is 362 g/mol. The normalized spacial score (nSPS) is 10.7. The number of halogens is 1. The Morgan fingerprint density at radius 1 is 0.852 bits per heavy atom. The second-order valence-corrected chi connectivity index (χ2v) is 5.76. The molecule has 0 amide bonds. The zero-order valence-corrected chi connectivity index (χ0v) is 14.4. The van der Waals surface area contributed by atoms with Gasteiger partial charge in [0.05, 0.1) is 23.6 Å². The van der Waals surface area contributed by atoms with Crippen molar-refractivity contribution in [2.24, 2.45) is 0 Å². The number of para-hydroxylation sites is 3. The zero-order valence-electron chi connectivity index (χ0n) is 14.4. The van der Waals surface area contributed by atoms with Gasteiger partial charge in [0, 0.05) is 0 Å². The van der Waals surface area contributed by atoms with Gasteiger partial charge in [0.25, 0.3) is 0 Å². The molecule has 0 spiro atoms. The molecule has 0 radical (unpaired) electrons. The van der Waals surface area contributed by atoms with Crippen LogP contribution in [0, 0.1) is 5.82 Å². The topological polar surface area (TPSA) is 64.5 Å². The molecule has 1 heterocycles. The van der Waals surface area contributed by atoms with E-state index in [1.165, 1.54) is 19.2 Å². The van der Waals surface area contributed by atoms with Gasteiger partial charge in [-0.25, -0.2) is 9.37 Å². The Bertz CT molecular complexity index is 1130. The fraction of sp³-hybridized carbons (Fsp3) is 0.0476. The van der Waals surface area contributed by atoms with Gasteiger partial charge in [-0.15, -0.1) is 0 Å². The van der Waals surface area contributed by atoms with Crippen LogP contribution in [0.5, 0.6) is 23.1 Å². The van der Waals surface area contributed by atoms with Gasteiger partial charge in [0.2, 0.25) is 5.88 Å². The van der Waals surface area contributed by atoms with Gasteiger partial charge in [-0.05, 0) is 36.4 Å². The number of hydrogen-bond donors (Lipinski definition) is 1. The minimum atomic E-state index is -0.494. The van der Waals surface area contributed by atoms with E-state index in [1.807, 2.05) is 12.1 Å². The average molecular weight is 362 g/mol. The van der Waals surface area contributed by atoms with Crippen molar-refractivity contribution in [3.05, 3.63) is 72.5 Å². The number of rotatable bonds is 4. The third-order valence-electron chi connectivity index (χ3n) is 4.07. The lowest BCUT2D eigenvalue weighted by Gasteiger charge is -2.12. The number of methoxy groups -OCH3 is 1. The molecule has 4 rings (SSSR count). The zero-order chi connectivity index (χ0) is 18.8. The number of nitrogens with zero attached hydrogens (tertiary/aromatic N) is 2. The maximum Gasteiger partial charge on any atom is 0.230 e. The standard InChI is InChI=1S/C21H15FN2O3/c1-26-18-12-6-8-14(19(18)25)20-23-16-10-4-2-7-13(16)21(24-20)27-17-11-5-3-9-15(17)22/h2-12,25H,1H3. The van der Waals surface area contributed by atoms with Crippen LogP contribution in [0.3, 0.4) is 0 Å². The van der Waals surface area contributed by atoms with Gasteiger partial charge >= 0.3 is 0 Å². The van der Waals surface area contributed by atoms with E-state index < -0.39 is 5.82 Å². The Balaban J connectivity index is 1.90. The lowest BCUT2D eigenvalue weighted by molar-refractivity contribution is 0.374. The van der Waals surface area contributed by atoms with E-state index >= 15 is 0 Å². The Hall–Kier alpha value is -3.67. The van der Waals surface area contributed by atoms with E-state index in [4.69, 9.17) is 9.47 Å². The minimum Gasteiger partial charge on any atom is -0.504 e. The van der Waals surface area contributed by atoms with Crippen molar-refractivity contribution in [2.45, 2.75) is 0 Å². The molecule has 0 aliphatic heterocycles. The third kappa shape index (κ3) is 3.13. The molecule has 5 nitrogen and oxygen atoms in total. The maximum absolute atomic E-state index is 14.0. The van der Waals surface area contributed by atoms with Crippen LogP contribution in [0.2, 0.25) is 0 Å². The first kappa shape index (κ1) is 16.8. The van der Waals surface area contributed by atoms with Crippen LogP contribution in [0.1, 0.15) is 0 Å². The molecular formula is C21H15FN2O3. The molecule has 0 fully saturated rings. The van der Waals surface area contributed by atoms with E-state index in [1.54, 1.807) is 42.5 Å². The van der Waals surface area contributed by atoms with Crippen molar-refractivity contribution in [1.82, 2.24) is 9.97 Å². The van der Waals surface area contributed by atoms with Gasteiger partial charge in [-0.3, -0.25) is 0 Å². The van der Waals surface area contributed by atoms with Crippen molar-refractivity contribution >= 4 is 10.9 Å². The summed E-state index contributed by atoms with van der Waals surface area (Å²) < 4.78 is 24.9.